The largest absolute Gasteiger partial charge is 0.482 e. The summed E-state index contributed by atoms with van der Waals surface area (Å²) in [6, 6.07) is 6.77. The summed E-state index contributed by atoms with van der Waals surface area (Å²) >= 11 is 11.9. The molecule has 1 amide bonds. The molecule has 1 atom stereocenters. The number of likely N-dealkylation sites (tertiary alicyclic amines) is 1. The zero-order valence-electron chi connectivity index (χ0n) is 14.3. The van der Waals surface area contributed by atoms with Crippen molar-refractivity contribution in [1.29, 1.82) is 5.26 Å². The molecule has 0 saturated carbocycles. The van der Waals surface area contributed by atoms with Gasteiger partial charge in [-0.2, -0.15) is 5.26 Å². The van der Waals surface area contributed by atoms with E-state index in [2.05, 4.69) is 9.97 Å². The third-order valence-electron chi connectivity index (χ3n) is 4.02. The first-order valence-corrected chi connectivity index (χ1v) is 9.06. The summed E-state index contributed by atoms with van der Waals surface area (Å²) in [6.45, 7) is 0.864. The molecule has 9 heteroatoms. The lowest BCUT2D eigenvalue weighted by atomic mass is 10.1. The Bertz CT molecular complexity index is 872. The monoisotopic (exact) mass is 406 g/mol. The third-order valence-corrected chi connectivity index (χ3v) is 4.56. The first-order chi connectivity index (χ1) is 13.1. The second-order valence-corrected chi connectivity index (χ2v) is 6.75. The first-order valence-electron chi connectivity index (χ1n) is 8.30. The van der Waals surface area contributed by atoms with Crippen LogP contribution < -0.4 is 9.47 Å². The number of piperidine rings is 1. The topological polar surface area (TPSA) is 88.3 Å². The second-order valence-electron chi connectivity index (χ2n) is 5.91. The van der Waals surface area contributed by atoms with E-state index in [1.54, 1.807) is 23.1 Å². The zero-order valence-corrected chi connectivity index (χ0v) is 15.8. The molecule has 0 bridgehead atoms. The van der Waals surface area contributed by atoms with Crippen LogP contribution in [-0.4, -0.2) is 46.6 Å². The number of nitriles is 1. The molecule has 0 N–H and O–H groups in total. The van der Waals surface area contributed by atoms with Crippen LogP contribution >= 0.6 is 23.2 Å². The zero-order chi connectivity index (χ0) is 19.2. The van der Waals surface area contributed by atoms with E-state index in [9.17, 15) is 4.79 Å². The van der Waals surface area contributed by atoms with Crippen molar-refractivity contribution < 1.29 is 14.3 Å². The van der Waals surface area contributed by atoms with Gasteiger partial charge in [-0.05, 0) is 31.0 Å². The Morgan fingerprint density at radius 3 is 2.93 bits per heavy atom. The van der Waals surface area contributed by atoms with Crippen LogP contribution in [0.25, 0.3) is 0 Å². The fourth-order valence-electron chi connectivity index (χ4n) is 2.73. The van der Waals surface area contributed by atoms with Gasteiger partial charge in [0.25, 0.3) is 11.8 Å². The van der Waals surface area contributed by atoms with Gasteiger partial charge in [0.2, 0.25) is 5.69 Å². The van der Waals surface area contributed by atoms with E-state index in [1.807, 2.05) is 6.07 Å². The van der Waals surface area contributed by atoms with Gasteiger partial charge in [0.05, 0.1) is 11.6 Å². The SMILES string of the molecule is N#Cc1nccnc1OC1CCCN(C(=O)COc2ccc(Cl)cc2Cl)C1. The maximum atomic E-state index is 12.5. The van der Waals surface area contributed by atoms with E-state index < -0.39 is 0 Å². The fourth-order valence-corrected chi connectivity index (χ4v) is 3.19. The summed E-state index contributed by atoms with van der Waals surface area (Å²) < 4.78 is 11.3. The quantitative estimate of drug-likeness (QED) is 0.757. The Balaban J connectivity index is 1.57. The summed E-state index contributed by atoms with van der Waals surface area (Å²) in [7, 11) is 0. The van der Waals surface area contributed by atoms with Crippen LogP contribution in [0.5, 0.6) is 11.6 Å². The minimum Gasteiger partial charge on any atom is -0.482 e. The minimum atomic E-state index is -0.259. The highest BCUT2D eigenvalue weighted by molar-refractivity contribution is 6.35. The molecule has 140 valence electrons. The molecule has 2 aromatic rings. The normalized spacial score (nSPS) is 16.5. The lowest BCUT2D eigenvalue weighted by molar-refractivity contribution is -0.136. The van der Waals surface area contributed by atoms with Crippen molar-refractivity contribution in [3.8, 4) is 17.7 Å². The first kappa shape index (κ1) is 19.2. The van der Waals surface area contributed by atoms with E-state index in [0.717, 1.165) is 12.8 Å². The Labute approximate surface area is 166 Å². The number of ether oxygens (including phenoxy) is 2. The predicted octanol–water partition coefficient (Wildman–Crippen LogP) is 3.10. The molecular weight excluding hydrogens is 391 g/mol. The number of carbonyl (C=O) groups excluding carboxylic acids is 1. The molecule has 7 nitrogen and oxygen atoms in total. The summed E-state index contributed by atoms with van der Waals surface area (Å²) in [5.74, 6) is 0.412. The summed E-state index contributed by atoms with van der Waals surface area (Å²) in [6.07, 6.45) is 4.17. The molecule has 1 fully saturated rings. The third kappa shape index (κ3) is 5.00. The molecule has 1 aliphatic heterocycles. The summed E-state index contributed by atoms with van der Waals surface area (Å²) in [4.78, 5) is 22.1. The molecule has 3 rings (SSSR count). The van der Waals surface area contributed by atoms with Crippen LogP contribution in [0.15, 0.2) is 30.6 Å². The molecule has 1 unspecified atom stereocenters. The Morgan fingerprint density at radius 2 is 2.15 bits per heavy atom. The van der Waals surface area contributed by atoms with Gasteiger partial charge in [-0.15, -0.1) is 0 Å². The number of hydrogen-bond donors (Lipinski definition) is 0. The number of halogens is 2. The van der Waals surface area contributed by atoms with Crippen molar-refractivity contribution in [2.45, 2.75) is 18.9 Å². The minimum absolute atomic E-state index is 0.127. The van der Waals surface area contributed by atoms with Gasteiger partial charge in [-0.1, -0.05) is 23.2 Å². The van der Waals surface area contributed by atoms with Crippen LogP contribution in [0.4, 0.5) is 0 Å². The average Bonchev–Trinajstić information content (AvgIpc) is 2.68. The van der Waals surface area contributed by atoms with Crippen LogP contribution in [0.2, 0.25) is 10.0 Å². The highest BCUT2D eigenvalue weighted by atomic mass is 35.5. The summed E-state index contributed by atoms with van der Waals surface area (Å²) in [5, 5.41) is 9.92. The Kier molecular flexibility index (Phi) is 6.32. The van der Waals surface area contributed by atoms with E-state index in [1.165, 1.54) is 12.4 Å². The van der Waals surface area contributed by atoms with Crippen LogP contribution in [0.3, 0.4) is 0 Å². The van der Waals surface area contributed by atoms with E-state index in [0.29, 0.717) is 28.9 Å². The van der Waals surface area contributed by atoms with Crippen molar-refractivity contribution in [2.24, 2.45) is 0 Å². The van der Waals surface area contributed by atoms with E-state index in [4.69, 9.17) is 37.9 Å². The van der Waals surface area contributed by atoms with Gasteiger partial charge in [-0.3, -0.25) is 4.79 Å². The van der Waals surface area contributed by atoms with Gasteiger partial charge in [0.1, 0.15) is 17.9 Å². The number of nitrogens with zero attached hydrogens (tertiary/aromatic N) is 4. The number of amides is 1. The van der Waals surface area contributed by atoms with E-state index >= 15 is 0 Å². The van der Waals surface area contributed by atoms with Crippen molar-refractivity contribution in [3.05, 3.63) is 46.3 Å². The van der Waals surface area contributed by atoms with Crippen LogP contribution in [0.1, 0.15) is 18.5 Å². The van der Waals surface area contributed by atoms with Gasteiger partial charge < -0.3 is 14.4 Å². The maximum Gasteiger partial charge on any atom is 0.260 e. The Hall–Kier alpha value is -2.56. The van der Waals surface area contributed by atoms with Gasteiger partial charge in [0, 0.05) is 24.0 Å². The smallest absolute Gasteiger partial charge is 0.260 e. The van der Waals surface area contributed by atoms with Crippen molar-refractivity contribution >= 4 is 29.1 Å². The number of aromatic nitrogens is 2. The number of hydrogen-bond acceptors (Lipinski definition) is 6. The number of benzene rings is 1. The number of carbonyl (C=O) groups is 1. The second kappa shape index (κ2) is 8.89. The molecule has 2 heterocycles. The molecule has 0 aliphatic carbocycles. The molecule has 0 radical (unpaired) electrons. The highest BCUT2D eigenvalue weighted by Gasteiger charge is 2.26. The maximum absolute atomic E-state index is 12.5. The molecule has 1 aromatic carbocycles. The van der Waals surface area contributed by atoms with Crippen molar-refractivity contribution in [2.75, 3.05) is 19.7 Å². The fraction of sp³-hybridized carbons (Fsp3) is 0.333. The van der Waals surface area contributed by atoms with Gasteiger partial charge in [0.15, 0.2) is 6.61 Å². The molecular formula is C18H16Cl2N4O3. The van der Waals surface area contributed by atoms with Gasteiger partial charge >= 0.3 is 0 Å². The molecule has 1 saturated heterocycles. The highest BCUT2D eigenvalue weighted by Crippen LogP contribution is 2.27. The lowest BCUT2D eigenvalue weighted by Gasteiger charge is -2.32. The molecule has 27 heavy (non-hydrogen) atoms. The number of rotatable bonds is 5. The summed E-state index contributed by atoms with van der Waals surface area (Å²) in [5.41, 5.74) is 0.127. The van der Waals surface area contributed by atoms with Gasteiger partial charge in [-0.25, -0.2) is 9.97 Å². The van der Waals surface area contributed by atoms with Crippen molar-refractivity contribution in [3.63, 3.8) is 0 Å². The average molecular weight is 407 g/mol. The molecule has 1 aromatic heterocycles. The standard InChI is InChI=1S/C18H16Cl2N4O3/c19-12-3-4-16(14(20)8-12)26-11-17(25)24-7-1-2-13(10-24)27-18-15(9-21)22-5-6-23-18/h3-6,8,13H,1-2,7,10-11H2. The molecule has 1 aliphatic rings. The Morgan fingerprint density at radius 1 is 1.33 bits per heavy atom. The lowest BCUT2D eigenvalue weighted by Crippen LogP contribution is -2.46. The van der Waals surface area contributed by atoms with Crippen molar-refractivity contribution in [1.82, 2.24) is 14.9 Å². The van der Waals surface area contributed by atoms with Crippen LogP contribution in [-0.2, 0) is 4.79 Å². The van der Waals surface area contributed by atoms with E-state index in [-0.39, 0.29) is 30.2 Å². The predicted molar refractivity (Wildman–Crippen MR) is 98.9 cm³/mol. The molecule has 0 spiro atoms. The van der Waals surface area contributed by atoms with Crippen LogP contribution in [0, 0.1) is 11.3 Å².